The van der Waals surface area contributed by atoms with Crippen LogP contribution in [0.15, 0.2) is 12.4 Å². The first-order valence-electron chi connectivity index (χ1n) is 8.23. The quantitative estimate of drug-likeness (QED) is 0.701. The molecule has 1 fully saturated rings. The summed E-state index contributed by atoms with van der Waals surface area (Å²) in [5.41, 5.74) is 0. The Balaban J connectivity index is 1.65. The lowest BCUT2D eigenvalue weighted by Gasteiger charge is -2.21. The van der Waals surface area contributed by atoms with Crippen LogP contribution in [0.5, 0.6) is 0 Å². The van der Waals surface area contributed by atoms with Crippen LogP contribution >= 0.6 is 0 Å². The van der Waals surface area contributed by atoms with Crippen molar-refractivity contribution in [2.24, 2.45) is 5.92 Å². The van der Waals surface area contributed by atoms with Gasteiger partial charge in [0, 0.05) is 38.7 Å². The van der Waals surface area contributed by atoms with E-state index in [0.717, 1.165) is 44.6 Å². The molecule has 2 rings (SSSR count). The van der Waals surface area contributed by atoms with Crippen LogP contribution in [0.4, 0.5) is 5.95 Å². The molecule has 1 aliphatic rings. The van der Waals surface area contributed by atoms with Gasteiger partial charge in [0.2, 0.25) is 5.95 Å². The molecule has 0 atom stereocenters. The predicted octanol–water partition coefficient (Wildman–Crippen LogP) is 3.69. The van der Waals surface area contributed by atoms with E-state index in [1.165, 1.54) is 38.5 Å². The average Bonchev–Trinajstić information content (AvgIpc) is 2.92. The van der Waals surface area contributed by atoms with E-state index in [0.29, 0.717) is 0 Å². The van der Waals surface area contributed by atoms with E-state index in [2.05, 4.69) is 21.1 Å². The second-order valence-electron chi connectivity index (χ2n) is 5.71. The van der Waals surface area contributed by atoms with Crippen molar-refractivity contribution in [3.8, 4) is 0 Å². The molecule has 1 aromatic rings. The standard InChI is InChI=1S/C16H29N3O/c1-2-20-14-6-12-19-13-11-18-16(19)17-10-9-15-7-4-3-5-8-15/h11,13,15H,2-10,12,14H2,1H3,(H,17,18). The molecule has 1 N–H and O–H groups in total. The SMILES string of the molecule is CCOCCCn1ccnc1NCCC1CCCCC1. The van der Waals surface area contributed by atoms with Gasteiger partial charge < -0.3 is 14.6 Å². The van der Waals surface area contributed by atoms with E-state index < -0.39 is 0 Å². The highest BCUT2D eigenvalue weighted by molar-refractivity contribution is 5.25. The fourth-order valence-electron chi connectivity index (χ4n) is 3.00. The largest absolute Gasteiger partial charge is 0.382 e. The number of nitrogens with zero attached hydrogens (tertiary/aromatic N) is 2. The summed E-state index contributed by atoms with van der Waals surface area (Å²) in [6.45, 7) is 5.70. The third-order valence-electron chi connectivity index (χ3n) is 4.17. The zero-order valence-corrected chi connectivity index (χ0v) is 12.8. The van der Waals surface area contributed by atoms with Gasteiger partial charge in [-0.15, -0.1) is 0 Å². The number of anilines is 1. The molecule has 0 radical (unpaired) electrons. The van der Waals surface area contributed by atoms with Gasteiger partial charge in [0.05, 0.1) is 0 Å². The van der Waals surface area contributed by atoms with Crippen LogP contribution in [0.1, 0.15) is 51.9 Å². The van der Waals surface area contributed by atoms with E-state index in [1.807, 2.05) is 13.1 Å². The van der Waals surface area contributed by atoms with E-state index in [4.69, 9.17) is 4.74 Å². The highest BCUT2D eigenvalue weighted by atomic mass is 16.5. The Labute approximate surface area is 122 Å². The first kappa shape index (κ1) is 15.4. The van der Waals surface area contributed by atoms with Gasteiger partial charge in [-0.25, -0.2) is 4.98 Å². The van der Waals surface area contributed by atoms with Crippen LogP contribution in [-0.4, -0.2) is 29.3 Å². The molecular weight excluding hydrogens is 250 g/mol. The third kappa shape index (κ3) is 5.16. The number of imidazole rings is 1. The number of nitrogens with one attached hydrogen (secondary N) is 1. The molecular formula is C16H29N3O. The normalized spacial score (nSPS) is 16.4. The van der Waals surface area contributed by atoms with Crippen molar-refractivity contribution in [1.29, 1.82) is 0 Å². The van der Waals surface area contributed by atoms with E-state index in [-0.39, 0.29) is 0 Å². The maximum Gasteiger partial charge on any atom is 0.202 e. The smallest absolute Gasteiger partial charge is 0.202 e. The van der Waals surface area contributed by atoms with Gasteiger partial charge in [-0.2, -0.15) is 0 Å². The summed E-state index contributed by atoms with van der Waals surface area (Å²) >= 11 is 0. The highest BCUT2D eigenvalue weighted by Gasteiger charge is 2.13. The van der Waals surface area contributed by atoms with Crippen molar-refractivity contribution in [2.75, 3.05) is 25.1 Å². The van der Waals surface area contributed by atoms with Crippen LogP contribution in [0.2, 0.25) is 0 Å². The van der Waals surface area contributed by atoms with Crippen LogP contribution in [-0.2, 0) is 11.3 Å². The maximum absolute atomic E-state index is 5.38. The number of aromatic nitrogens is 2. The predicted molar refractivity (Wildman–Crippen MR) is 83.0 cm³/mol. The fraction of sp³-hybridized carbons (Fsp3) is 0.812. The van der Waals surface area contributed by atoms with Gasteiger partial charge in [0.25, 0.3) is 0 Å². The third-order valence-corrected chi connectivity index (χ3v) is 4.17. The number of hydrogen-bond acceptors (Lipinski definition) is 3. The molecule has 0 amide bonds. The van der Waals surface area contributed by atoms with E-state index >= 15 is 0 Å². The van der Waals surface area contributed by atoms with Gasteiger partial charge >= 0.3 is 0 Å². The molecule has 1 saturated carbocycles. The van der Waals surface area contributed by atoms with Crippen molar-refractivity contribution < 1.29 is 4.74 Å². The Hall–Kier alpha value is -1.03. The zero-order valence-electron chi connectivity index (χ0n) is 12.8. The molecule has 0 unspecified atom stereocenters. The summed E-state index contributed by atoms with van der Waals surface area (Å²) in [7, 11) is 0. The summed E-state index contributed by atoms with van der Waals surface area (Å²) in [6, 6.07) is 0. The summed E-state index contributed by atoms with van der Waals surface area (Å²) in [4.78, 5) is 4.41. The molecule has 20 heavy (non-hydrogen) atoms. The Kier molecular flexibility index (Phi) is 6.92. The Morgan fingerprint density at radius 2 is 2.20 bits per heavy atom. The number of aryl methyl sites for hydroxylation is 1. The van der Waals surface area contributed by atoms with Crippen molar-refractivity contribution in [1.82, 2.24) is 9.55 Å². The molecule has 1 aliphatic carbocycles. The topological polar surface area (TPSA) is 39.1 Å². The lowest BCUT2D eigenvalue weighted by Crippen LogP contribution is -2.14. The highest BCUT2D eigenvalue weighted by Crippen LogP contribution is 2.26. The molecule has 0 bridgehead atoms. The van der Waals surface area contributed by atoms with Crippen molar-refractivity contribution in [2.45, 2.75) is 58.4 Å². The molecule has 0 aromatic carbocycles. The summed E-state index contributed by atoms with van der Waals surface area (Å²) in [5.74, 6) is 1.94. The Bertz CT molecular complexity index is 358. The van der Waals surface area contributed by atoms with E-state index in [9.17, 15) is 0 Å². The van der Waals surface area contributed by atoms with Crippen molar-refractivity contribution in [3.05, 3.63) is 12.4 Å². The molecule has 114 valence electrons. The summed E-state index contributed by atoms with van der Waals surface area (Å²) in [6.07, 6.45) is 13.4. The van der Waals surface area contributed by atoms with Crippen molar-refractivity contribution >= 4 is 5.95 Å². The number of ether oxygens (including phenoxy) is 1. The lowest BCUT2D eigenvalue weighted by atomic mass is 9.87. The lowest BCUT2D eigenvalue weighted by molar-refractivity contribution is 0.142. The second-order valence-corrected chi connectivity index (χ2v) is 5.71. The maximum atomic E-state index is 5.38. The van der Waals surface area contributed by atoms with Crippen LogP contribution < -0.4 is 5.32 Å². The van der Waals surface area contributed by atoms with Crippen LogP contribution in [0, 0.1) is 5.92 Å². The minimum absolute atomic E-state index is 0.802. The molecule has 0 aliphatic heterocycles. The average molecular weight is 279 g/mol. The fourth-order valence-corrected chi connectivity index (χ4v) is 3.00. The second kappa shape index (κ2) is 9.01. The first-order valence-corrected chi connectivity index (χ1v) is 8.23. The minimum atomic E-state index is 0.802. The molecule has 1 aromatic heterocycles. The molecule has 4 heteroatoms. The van der Waals surface area contributed by atoms with Gasteiger partial charge in [-0.05, 0) is 25.7 Å². The van der Waals surface area contributed by atoms with Gasteiger partial charge in [0.15, 0.2) is 0 Å². The number of hydrogen-bond donors (Lipinski definition) is 1. The molecule has 0 saturated heterocycles. The van der Waals surface area contributed by atoms with Crippen LogP contribution in [0.3, 0.4) is 0 Å². The van der Waals surface area contributed by atoms with Gasteiger partial charge in [-0.1, -0.05) is 32.1 Å². The van der Waals surface area contributed by atoms with Gasteiger partial charge in [-0.3, -0.25) is 0 Å². The monoisotopic (exact) mass is 279 g/mol. The summed E-state index contributed by atoms with van der Waals surface area (Å²) in [5, 5.41) is 3.49. The zero-order chi connectivity index (χ0) is 14.0. The van der Waals surface area contributed by atoms with Crippen LogP contribution in [0.25, 0.3) is 0 Å². The summed E-state index contributed by atoms with van der Waals surface area (Å²) < 4.78 is 7.57. The minimum Gasteiger partial charge on any atom is -0.382 e. The first-order chi connectivity index (χ1) is 9.90. The van der Waals surface area contributed by atoms with E-state index in [1.54, 1.807) is 0 Å². The van der Waals surface area contributed by atoms with Crippen molar-refractivity contribution in [3.63, 3.8) is 0 Å². The number of rotatable bonds is 9. The molecule has 4 nitrogen and oxygen atoms in total. The van der Waals surface area contributed by atoms with Gasteiger partial charge in [0.1, 0.15) is 0 Å². The molecule has 0 spiro atoms. The Morgan fingerprint density at radius 1 is 1.35 bits per heavy atom. The molecule has 1 heterocycles. The Morgan fingerprint density at radius 3 is 3.00 bits per heavy atom.